The Morgan fingerprint density at radius 1 is 1.44 bits per heavy atom. The first-order valence-electron chi connectivity index (χ1n) is 5.90. The summed E-state index contributed by atoms with van der Waals surface area (Å²) in [6.07, 6.45) is 1.49. The molecule has 0 unspecified atom stereocenters. The van der Waals surface area contributed by atoms with Crippen LogP contribution in [0.1, 0.15) is 25.3 Å². The lowest BCUT2D eigenvalue weighted by Crippen LogP contribution is -2.24. The smallest absolute Gasteiger partial charge is 0.407 e. The van der Waals surface area contributed by atoms with E-state index in [0.29, 0.717) is 13.2 Å². The summed E-state index contributed by atoms with van der Waals surface area (Å²) >= 11 is 3.38. The van der Waals surface area contributed by atoms with E-state index in [1.807, 2.05) is 25.1 Å². The number of hydrogen-bond donors (Lipinski definition) is 1. The first-order valence-corrected chi connectivity index (χ1v) is 6.69. The van der Waals surface area contributed by atoms with Gasteiger partial charge in [0, 0.05) is 16.6 Å². The van der Waals surface area contributed by atoms with Crippen LogP contribution in [0.3, 0.4) is 0 Å². The van der Waals surface area contributed by atoms with Gasteiger partial charge in [-0.25, -0.2) is 4.79 Å². The Kier molecular flexibility index (Phi) is 6.57. The van der Waals surface area contributed by atoms with E-state index >= 15 is 0 Å². The lowest BCUT2D eigenvalue weighted by Gasteiger charge is -2.10. The molecular weight excluding hydrogens is 298 g/mol. The summed E-state index contributed by atoms with van der Waals surface area (Å²) in [6, 6.07) is 5.65. The van der Waals surface area contributed by atoms with E-state index in [0.717, 1.165) is 28.6 Å². The van der Waals surface area contributed by atoms with Crippen molar-refractivity contribution < 1.29 is 14.3 Å². The Balaban J connectivity index is 2.47. The lowest BCUT2D eigenvalue weighted by atomic mass is 10.2. The van der Waals surface area contributed by atoms with Crippen LogP contribution in [0.2, 0.25) is 0 Å². The van der Waals surface area contributed by atoms with Gasteiger partial charge >= 0.3 is 6.09 Å². The third kappa shape index (κ3) is 4.96. The van der Waals surface area contributed by atoms with E-state index in [2.05, 4.69) is 21.2 Å². The van der Waals surface area contributed by atoms with Gasteiger partial charge in [0.15, 0.2) is 0 Å². The van der Waals surface area contributed by atoms with Crippen LogP contribution in [0.4, 0.5) is 4.79 Å². The van der Waals surface area contributed by atoms with Gasteiger partial charge in [-0.15, -0.1) is 0 Å². The molecular formula is C13H18BrNO3. The van der Waals surface area contributed by atoms with Gasteiger partial charge in [-0.1, -0.05) is 29.3 Å². The zero-order valence-corrected chi connectivity index (χ0v) is 12.2. The molecule has 0 atom stereocenters. The summed E-state index contributed by atoms with van der Waals surface area (Å²) in [5.74, 6) is 0.743. The van der Waals surface area contributed by atoms with Crippen molar-refractivity contribution in [2.24, 2.45) is 0 Å². The van der Waals surface area contributed by atoms with Crippen LogP contribution in [0.25, 0.3) is 0 Å². The quantitative estimate of drug-likeness (QED) is 0.817. The van der Waals surface area contributed by atoms with Crippen molar-refractivity contribution in [3.63, 3.8) is 0 Å². The SMILES string of the molecule is CCCCOC(=O)NCc1cc(Br)ccc1OC. The maximum absolute atomic E-state index is 11.4. The molecule has 1 amide bonds. The van der Waals surface area contributed by atoms with Gasteiger partial charge in [-0.2, -0.15) is 0 Å². The number of alkyl carbamates (subject to hydrolysis) is 1. The van der Waals surface area contributed by atoms with E-state index in [1.165, 1.54) is 0 Å². The number of nitrogens with one attached hydrogen (secondary N) is 1. The highest BCUT2D eigenvalue weighted by molar-refractivity contribution is 9.10. The molecule has 18 heavy (non-hydrogen) atoms. The van der Waals surface area contributed by atoms with Gasteiger partial charge in [-0.3, -0.25) is 0 Å². The number of halogens is 1. The van der Waals surface area contributed by atoms with Gasteiger partial charge in [0.1, 0.15) is 5.75 Å². The molecule has 0 saturated heterocycles. The maximum atomic E-state index is 11.4. The molecule has 0 saturated carbocycles. The van der Waals surface area contributed by atoms with Gasteiger partial charge in [-0.05, 0) is 24.6 Å². The van der Waals surface area contributed by atoms with E-state index in [-0.39, 0.29) is 0 Å². The Bertz CT molecular complexity index is 396. The average Bonchev–Trinajstić information content (AvgIpc) is 2.37. The van der Waals surface area contributed by atoms with Crippen LogP contribution in [-0.4, -0.2) is 19.8 Å². The number of carbonyl (C=O) groups excluding carboxylic acids is 1. The van der Waals surface area contributed by atoms with Crippen molar-refractivity contribution in [3.8, 4) is 5.75 Å². The van der Waals surface area contributed by atoms with Crippen molar-refractivity contribution in [2.45, 2.75) is 26.3 Å². The number of hydrogen-bond acceptors (Lipinski definition) is 3. The first-order chi connectivity index (χ1) is 8.67. The Hall–Kier alpha value is -1.23. The largest absolute Gasteiger partial charge is 0.496 e. The normalized spacial score (nSPS) is 9.94. The molecule has 0 fully saturated rings. The minimum absolute atomic E-state index is 0.383. The van der Waals surface area contributed by atoms with Crippen LogP contribution in [0.5, 0.6) is 5.75 Å². The number of ether oxygens (including phenoxy) is 2. The zero-order chi connectivity index (χ0) is 13.4. The molecule has 1 aromatic carbocycles. The monoisotopic (exact) mass is 315 g/mol. The van der Waals surface area contributed by atoms with Crippen molar-refractivity contribution in [3.05, 3.63) is 28.2 Å². The van der Waals surface area contributed by atoms with Crippen molar-refractivity contribution in [2.75, 3.05) is 13.7 Å². The van der Waals surface area contributed by atoms with Crippen LogP contribution >= 0.6 is 15.9 Å². The summed E-state index contributed by atoms with van der Waals surface area (Å²) in [4.78, 5) is 11.4. The van der Waals surface area contributed by atoms with Crippen LogP contribution in [0, 0.1) is 0 Å². The van der Waals surface area contributed by atoms with Crippen molar-refractivity contribution in [1.29, 1.82) is 0 Å². The summed E-state index contributed by atoms with van der Waals surface area (Å²) < 4.78 is 11.2. The van der Waals surface area contributed by atoms with Crippen LogP contribution in [-0.2, 0) is 11.3 Å². The fraction of sp³-hybridized carbons (Fsp3) is 0.462. The molecule has 1 aromatic rings. The summed E-state index contributed by atoms with van der Waals surface area (Å²) in [5, 5.41) is 2.70. The highest BCUT2D eigenvalue weighted by Crippen LogP contribution is 2.22. The predicted octanol–water partition coefficient (Wildman–Crippen LogP) is 3.48. The van der Waals surface area contributed by atoms with Crippen LogP contribution in [0.15, 0.2) is 22.7 Å². The molecule has 1 N–H and O–H groups in total. The molecule has 0 spiro atoms. The van der Waals surface area contributed by atoms with Gasteiger partial charge in [0.05, 0.1) is 13.7 Å². The second-order valence-corrected chi connectivity index (χ2v) is 4.71. The van der Waals surface area contributed by atoms with Gasteiger partial charge < -0.3 is 14.8 Å². The number of rotatable bonds is 6. The van der Waals surface area contributed by atoms with Crippen molar-refractivity contribution in [1.82, 2.24) is 5.32 Å². The average molecular weight is 316 g/mol. The predicted molar refractivity (Wildman–Crippen MR) is 73.8 cm³/mol. The summed E-state index contributed by atoms with van der Waals surface area (Å²) in [7, 11) is 1.60. The Morgan fingerprint density at radius 2 is 2.22 bits per heavy atom. The molecule has 5 heteroatoms. The second kappa shape index (κ2) is 7.97. The summed E-state index contributed by atoms with van der Waals surface area (Å²) in [6.45, 7) is 2.89. The Morgan fingerprint density at radius 3 is 2.89 bits per heavy atom. The standard InChI is InChI=1S/C13H18BrNO3/c1-3-4-7-18-13(16)15-9-10-8-11(14)5-6-12(10)17-2/h5-6,8H,3-4,7,9H2,1-2H3,(H,15,16). The minimum Gasteiger partial charge on any atom is -0.496 e. The molecule has 0 aromatic heterocycles. The number of methoxy groups -OCH3 is 1. The highest BCUT2D eigenvalue weighted by Gasteiger charge is 2.06. The third-order valence-electron chi connectivity index (χ3n) is 2.40. The number of amides is 1. The zero-order valence-electron chi connectivity index (χ0n) is 10.7. The fourth-order valence-corrected chi connectivity index (χ4v) is 1.82. The maximum Gasteiger partial charge on any atom is 0.407 e. The molecule has 100 valence electrons. The van der Waals surface area contributed by atoms with E-state index in [9.17, 15) is 4.79 Å². The van der Waals surface area contributed by atoms with E-state index in [1.54, 1.807) is 7.11 Å². The minimum atomic E-state index is -0.398. The molecule has 1 rings (SSSR count). The van der Waals surface area contributed by atoms with Gasteiger partial charge in [0.2, 0.25) is 0 Å². The Labute approximate surface area is 116 Å². The van der Waals surface area contributed by atoms with E-state index < -0.39 is 6.09 Å². The summed E-state index contributed by atoms with van der Waals surface area (Å²) in [5.41, 5.74) is 0.902. The number of unbranched alkanes of at least 4 members (excludes halogenated alkanes) is 1. The number of benzene rings is 1. The lowest BCUT2D eigenvalue weighted by molar-refractivity contribution is 0.144. The molecule has 0 heterocycles. The van der Waals surface area contributed by atoms with Crippen LogP contribution < -0.4 is 10.1 Å². The third-order valence-corrected chi connectivity index (χ3v) is 2.89. The van der Waals surface area contributed by atoms with E-state index in [4.69, 9.17) is 9.47 Å². The molecule has 0 bridgehead atoms. The topological polar surface area (TPSA) is 47.6 Å². The first kappa shape index (κ1) is 14.8. The molecule has 0 radical (unpaired) electrons. The highest BCUT2D eigenvalue weighted by atomic mass is 79.9. The number of carbonyl (C=O) groups is 1. The molecule has 0 aliphatic rings. The molecule has 0 aliphatic carbocycles. The molecule has 4 nitrogen and oxygen atoms in total. The molecule has 0 aliphatic heterocycles. The second-order valence-electron chi connectivity index (χ2n) is 3.80. The fourth-order valence-electron chi connectivity index (χ4n) is 1.41. The van der Waals surface area contributed by atoms with Crippen molar-refractivity contribution >= 4 is 22.0 Å². The van der Waals surface area contributed by atoms with Gasteiger partial charge in [0.25, 0.3) is 0 Å².